The lowest BCUT2D eigenvalue weighted by atomic mass is 10.1. The van der Waals surface area contributed by atoms with Gasteiger partial charge in [0.2, 0.25) is 0 Å². The smallest absolute Gasteiger partial charge is 0.269 e. The fourth-order valence-corrected chi connectivity index (χ4v) is 3.24. The predicted octanol–water partition coefficient (Wildman–Crippen LogP) is 3.69. The molecular formula is C25H23N5O2. The molecule has 0 saturated carbocycles. The van der Waals surface area contributed by atoms with Gasteiger partial charge in [0.15, 0.2) is 0 Å². The van der Waals surface area contributed by atoms with E-state index in [0.717, 1.165) is 16.7 Å². The minimum absolute atomic E-state index is 0.233. The molecule has 0 spiro atoms. The van der Waals surface area contributed by atoms with Crippen molar-refractivity contribution in [3.05, 3.63) is 96.4 Å². The van der Waals surface area contributed by atoms with Crippen molar-refractivity contribution in [1.29, 1.82) is 0 Å². The van der Waals surface area contributed by atoms with Crippen LogP contribution in [-0.2, 0) is 0 Å². The summed E-state index contributed by atoms with van der Waals surface area (Å²) in [5.41, 5.74) is 4.38. The molecule has 0 aliphatic carbocycles. The van der Waals surface area contributed by atoms with E-state index >= 15 is 0 Å². The number of aromatic amines is 1. The van der Waals surface area contributed by atoms with E-state index in [1.165, 1.54) is 0 Å². The van der Waals surface area contributed by atoms with Crippen molar-refractivity contribution < 1.29 is 9.59 Å². The topological polar surface area (TPSA) is 99.8 Å². The SMILES string of the molecule is O=C(NCCCNC(=O)c1cc(-c2ccccc2)n[nH]1)c1cc(-c2ccccc2)ccn1. The second-order valence-corrected chi connectivity index (χ2v) is 7.19. The lowest BCUT2D eigenvalue weighted by molar-refractivity contribution is 0.0946. The number of pyridine rings is 1. The lowest BCUT2D eigenvalue weighted by Crippen LogP contribution is -2.30. The Kier molecular flexibility index (Phi) is 6.67. The van der Waals surface area contributed by atoms with Crippen molar-refractivity contribution in [2.75, 3.05) is 13.1 Å². The summed E-state index contributed by atoms with van der Waals surface area (Å²) < 4.78 is 0. The summed E-state index contributed by atoms with van der Waals surface area (Å²) in [7, 11) is 0. The predicted molar refractivity (Wildman–Crippen MR) is 123 cm³/mol. The van der Waals surface area contributed by atoms with Crippen LogP contribution in [0.3, 0.4) is 0 Å². The standard InChI is InChI=1S/C25H23N5O2/c31-24(22-16-20(12-15-26-22)18-8-3-1-4-9-18)27-13-7-14-28-25(32)23-17-21(29-30-23)19-10-5-2-6-11-19/h1-6,8-12,15-17H,7,13-14H2,(H,27,31)(H,28,32)(H,29,30). The van der Waals surface area contributed by atoms with Crippen molar-refractivity contribution in [2.24, 2.45) is 0 Å². The summed E-state index contributed by atoms with van der Waals surface area (Å²) in [6, 6.07) is 24.8. The van der Waals surface area contributed by atoms with Crippen LogP contribution in [-0.4, -0.2) is 40.1 Å². The molecule has 0 aliphatic heterocycles. The molecule has 0 atom stereocenters. The van der Waals surface area contributed by atoms with Crippen LogP contribution in [0.5, 0.6) is 0 Å². The van der Waals surface area contributed by atoms with Crippen molar-refractivity contribution in [3.8, 4) is 22.4 Å². The van der Waals surface area contributed by atoms with E-state index in [2.05, 4.69) is 25.8 Å². The minimum atomic E-state index is -0.241. The van der Waals surface area contributed by atoms with E-state index < -0.39 is 0 Å². The van der Waals surface area contributed by atoms with Crippen LogP contribution in [0.25, 0.3) is 22.4 Å². The molecule has 2 aromatic carbocycles. The van der Waals surface area contributed by atoms with Gasteiger partial charge in [0, 0.05) is 24.8 Å². The Morgan fingerprint density at radius 2 is 1.41 bits per heavy atom. The lowest BCUT2D eigenvalue weighted by Gasteiger charge is -2.07. The third-order valence-electron chi connectivity index (χ3n) is 4.92. The third-order valence-corrected chi connectivity index (χ3v) is 4.92. The van der Waals surface area contributed by atoms with Gasteiger partial charge in [-0.25, -0.2) is 0 Å². The number of H-pyrrole nitrogens is 1. The summed E-state index contributed by atoms with van der Waals surface area (Å²) in [4.78, 5) is 28.9. The zero-order valence-corrected chi connectivity index (χ0v) is 17.4. The monoisotopic (exact) mass is 425 g/mol. The highest BCUT2D eigenvalue weighted by atomic mass is 16.2. The van der Waals surface area contributed by atoms with Crippen LogP contribution in [0.4, 0.5) is 0 Å². The molecule has 7 nitrogen and oxygen atoms in total. The number of carbonyl (C=O) groups excluding carboxylic acids is 2. The van der Waals surface area contributed by atoms with Crippen LogP contribution in [0, 0.1) is 0 Å². The molecule has 7 heteroatoms. The number of hydrogen-bond acceptors (Lipinski definition) is 4. The van der Waals surface area contributed by atoms with Crippen LogP contribution in [0.15, 0.2) is 85.1 Å². The van der Waals surface area contributed by atoms with Crippen LogP contribution < -0.4 is 10.6 Å². The molecule has 0 unspecified atom stereocenters. The molecule has 2 aromatic heterocycles. The zero-order valence-electron chi connectivity index (χ0n) is 17.4. The summed E-state index contributed by atoms with van der Waals surface area (Å²) in [5.74, 6) is -0.474. The van der Waals surface area contributed by atoms with Crippen molar-refractivity contribution in [3.63, 3.8) is 0 Å². The highest BCUT2D eigenvalue weighted by Gasteiger charge is 2.11. The first-order valence-corrected chi connectivity index (χ1v) is 10.4. The van der Waals surface area contributed by atoms with Crippen LogP contribution in [0.2, 0.25) is 0 Å². The molecule has 4 aromatic rings. The van der Waals surface area contributed by atoms with Gasteiger partial charge in [0.1, 0.15) is 11.4 Å². The van der Waals surface area contributed by atoms with Gasteiger partial charge in [-0.3, -0.25) is 19.7 Å². The first-order valence-electron chi connectivity index (χ1n) is 10.4. The van der Waals surface area contributed by atoms with E-state index in [9.17, 15) is 9.59 Å². The molecule has 4 rings (SSSR count). The molecule has 0 fully saturated rings. The third kappa shape index (κ3) is 5.26. The van der Waals surface area contributed by atoms with Gasteiger partial charge >= 0.3 is 0 Å². The number of carbonyl (C=O) groups is 2. The molecule has 0 saturated heterocycles. The summed E-state index contributed by atoms with van der Waals surface area (Å²) in [5, 5.41) is 12.6. The Morgan fingerprint density at radius 3 is 2.12 bits per heavy atom. The molecule has 160 valence electrons. The number of amides is 2. The molecule has 0 aliphatic rings. The van der Waals surface area contributed by atoms with Crippen LogP contribution >= 0.6 is 0 Å². The van der Waals surface area contributed by atoms with Gasteiger partial charge in [-0.15, -0.1) is 0 Å². The fourth-order valence-electron chi connectivity index (χ4n) is 3.24. The first kappa shape index (κ1) is 21.0. The van der Waals surface area contributed by atoms with E-state index in [1.807, 2.05) is 66.7 Å². The molecule has 0 bridgehead atoms. The van der Waals surface area contributed by atoms with Gasteiger partial charge in [-0.05, 0) is 35.7 Å². The van der Waals surface area contributed by atoms with Gasteiger partial charge in [0.05, 0.1) is 5.69 Å². The average Bonchev–Trinajstić information content (AvgIpc) is 3.35. The second kappa shape index (κ2) is 10.2. The Bertz CT molecular complexity index is 1190. The maximum atomic E-state index is 12.4. The maximum absolute atomic E-state index is 12.4. The van der Waals surface area contributed by atoms with E-state index in [0.29, 0.717) is 36.6 Å². The fraction of sp³-hybridized carbons (Fsp3) is 0.120. The number of benzene rings is 2. The van der Waals surface area contributed by atoms with Crippen molar-refractivity contribution >= 4 is 11.8 Å². The van der Waals surface area contributed by atoms with Crippen LogP contribution in [0.1, 0.15) is 27.4 Å². The van der Waals surface area contributed by atoms with Gasteiger partial charge in [0.25, 0.3) is 11.8 Å². The normalized spacial score (nSPS) is 10.5. The van der Waals surface area contributed by atoms with E-state index in [1.54, 1.807) is 18.3 Å². The van der Waals surface area contributed by atoms with E-state index in [-0.39, 0.29) is 11.8 Å². The number of aromatic nitrogens is 3. The number of rotatable bonds is 8. The van der Waals surface area contributed by atoms with Gasteiger partial charge in [-0.1, -0.05) is 60.7 Å². The van der Waals surface area contributed by atoms with Crippen molar-refractivity contribution in [2.45, 2.75) is 6.42 Å². The molecule has 3 N–H and O–H groups in total. The first-order chi connectivity index (χ1) is 15.7. The highest BCUT2D eigenvalue weighted by molar-refractivity contribution is 5.94. The average molecular weight is 425 g/mol. The molecule has 2 heterocycles. The Labute approximate surface area is 185 Å². The summed E-state index contributed by atoms with van der Waals surface area (Å²) >= 11 is 0. The molecular weight excluding hydrogens is 402 g/mol. The molecule has 32 heavy (non-hydrogen) atoms. The largest absolute Gasteiger partial charge is 0.351 e. The highest BCUT2D eigenvalue weighted by Crippen LogP contribution is 2.19. The Morgan fingerprint density at radius 1 is 0.750 bits per heavy atom. The minimum Gasteiger partial charge on any atom is -0.351 e. The second-order valence-electron chi connectivity index (χ2n) is 7.19. The quantitative estimate of drug-likeness (QED) is 0.375. The number of nitrogens with zero attached hydrogens (tertiary/aromatic N) is 2. The molecule has 2 amide bonds. The van der Waals surface area contributed by atoms with Gasteiger partial charge < -0.3 is 10.6 Å². The number of nitrogens with one attached hydrogen (secondary N) is 3. The summed E-state index contributed by atoms with van der Waals surface area (Å²) in [6.07, 6.45) is 2.22. The van der Waals surface area contributed by atoms with Gasteiger partial charge in [-0.2, -0.15) is 5.10 Å². The maximum Gasteiger partial charge on any atom is 0.269 e. The zero-order chi connectivity index (χ0) is 22.2. The summed E-state index contributed by atoms with van der Waals surface area (Å²) in [6.45, 7) is 0.852. The molecule has 0 radical (unpaired) electrons. The Hall–Kier alpha value is -4.26. The number of hydrogen-bond donors (Lipinski definition) is 3. The van der Waals surface area contributed by atoms with E-state index in [4.69, 9.17) is 0 Å². The van der Waals surface area contributed by atoms with Crippen molar-refractivity contribution in [1.82, 2.24) is 25.8 Å². The Balaban J connectivity index is 1.22.